The Morgan fingerprint density at radius 1 is 1.25 bits per heavy atom. The molecule has 4 nitrogen and oxygen atoms in total. The standard InChI is InChI=1S/C13H13F3N2O2/c1-7(2)6-18-11(19)9-4-3-8(13(14,15)16)5-10(9)17-12(18)20/h3-5,7H,6H2,1-2H3,(H,17,20). The van der Waals surface area contributed by atoms with Crippen LogP contribution in [0.25, 0.3) is 10.9 Å². The highest BCUT2D eigenvalue weighted by atomic mass is 19.4. The van der Waals surface area contributed by atoms with E-state index in [1.165, 1.54) is 0 Å². The maximum atomic E-state index is 12.6. The van der Waals surface area contributed by atoms with Crippen LogP contribution in [-0.2, 0) is 12.7 Å². The van der Waals surface area contributed by atoms with E-state index in [1.54, 1.807) is 0 Å². The molecule has 0 atom stereocenters. The Morgan fingerprint density at radius 3 is 2.45 bits per heavy atom. The highest BCUT2D eigenvalue weighted by molar-refractivity contribution is 5.78. The number of nitrogens with one attached hydrogen (secondary N) is 1. The van der Waals surface area contributed by atoms with E-state index < -0.39 is 23.0 Å². The Morgan fingerprint density at radius 2 is 1.90 bits per heavy atom. The third-order valence-corrected chi connectivity index (χ3v) is 2.86. The van der Waals surface area contributed by atoms with Crippen LogP contribution in [0.15, 0.2) is 27.8 Å². The van der Waals surface area contributed by atoms with Crippen LogP contribution >= 0.6 is 0 Å². The number of hydrogen-bond donors (Lipinski definition) is 1. The molecule has 108 valence electrons. The van der Waals surface area contributed by atoms with Crippen molar-refractivity contribution in [3.8, 4) is 0 Å². The zero-order chi connectivity index (χ0) is 15.1. The van der Waals surface area contributed by atoms with E-state index in [9.17, 15) is 22.8 Å². The molecule has 1 N–H and O–H groups in total. The molecule has 0 saturated heterocycles. The molecule has 0 aliphatic heterocycles. The zero-order valence-corrected chi connectivity index (χ0v) is 10.9. The number of hydrogen-bond acceptors (Lipinski definition) is 2. The van der Waals surface area contributed by atoms with Gasteiger partial charge in [0.25, 0.3) is 5.56 Å². The van der Waals surface area contributed by atoms with Crippen LogP contribution in [0, 0.1) is 5.92 Å². The minimum atomic E-state index is -4.52. The van der Waals surface area contributed by atoms with E-state index in [-0.39, 0.29) is 23.4 Å². The summed E-state index contributed by atoms with van der Waals surface area (Å²) in [6.07, 6.45) is -4.52. The van der Waals surface area contributed by atoms with Crippen molar-refractivity contribution in [3.63, 3.8) is 0 Å². The van der Waals surface area contributed by atoms with Crippen LogP contribution in [-0.4, -0.2) is 9.55 Å². The Balaban J connectivity index is 2.71. The van der Waals surface area contributed by atoms with Gasteiger partial charge in [-0.3, -0.25) is 9.36 Å². The van der Waals surface area contributed by atoms with Gasteiger partial charge in [0.15, 0.2) is 0 Å². The molecule has 20 heavy (non-hydrogen) atoms. The summed E-state index contributed by atoms with van der Waals surface area (Å²) < 4.78 is 38.8. The first kappa shape index (κ1) is 14.4. The third kappa shape index (κ3) is 2.61. The van der Waals surface area contributed by atoms with Crippen molar-refractivity contribution in [2.24, 2.45) is 5.92 Å². The monoisotopic (exact) mass is 286 g/mol. The van der Waals surface area contributed by atoms with E-state index >= 15 is 0 Å². The topological polar surface area (TPSA) is 54.9 Å². The van der Waals surface area contributed by atoms with Gasteiger partial charge >= 0.3 is 11.9 Å². The van der Waals surface area contributed by atoms with Crippen LogP contribution < -0.4 is 11.2 Å². The average molecular weight is 286 g/mol. The molecule has 0 amide bonds. The van der Waals surface area contributed by atoms with E-state index in [1.807, 2.05) is 13.8 Å². The maximum Gasteiger partial charge on any atom is 0.416 e. The number of rotatable bonds is 2. The Hall–Kier alpha value is -2.05. The highest BCUT2D eigenvalue weighted by Gasteiger charge is 2.30. The normalized spacial score (nSPS) is 12.3. The summed E-state index contributed by atoms with van der Waals surface area (Å²) in [5, 5.41) is 0.0678. The van der Waals surface area contributed by atoms with Gasteiger partial charge in [-0.15, -0.1) is 0 Å². The minimum absolute atomic E-state index is 0.0678. The Labute approximate surface area is 111 Å². The molecule has 2 rings (SSSR count). The molecule has 0 bridgehead atoms. The molecule has 0 unspecified atom stereocenters. The van der Waals surface area contributed by atoms with Gasteiger partial charge in [0, 0.05) is 6.54 Å². The first-order chi connectivity index (χ1) is 9.20. The third-order valence-electron chi connectivity index (χ3n) is 2.86. The summed E-state index contributed by atoms with van der Waals surface area (Å²) in [7, 11) is 0. The van der Waals surface area contributed by atoms with Gasteiger partial charge in [-0.1, -0.05) is 13.8 Å². The lowest BCUT2D eigenvalue weighted by Crippen LogP contribution is -2.36. The highest BCUT2D eigenvalue weighted by Crippen LogP contribution is 2.30. The quantitative estimate of drug-likeness (QED) is 0.921. The summed E-state index contributed by atoms with van der Waals surface area (Å²) >= 11 is 0. The van der Waals surface area contributed by atoms with Gasteiger partial charge < -0.3 is 4.98 Å². The fourth-order valence-electron chi connectivity index (χ4n) is 1.96. The smallest absolute Gasteiger partial charge is 0.307 e. The second-order valence-corrected chi connectivity index (χ2v) is 5.00. The molecule has 0 fully saturated rings. The second-order valence-electron chi connectivity index (χ2n) is 5.00. The molecule has 0 aliphatic carbocycles. The van der Waals surface area contributed by atoms with Crippen molar-refractivity contribution in [3.05, 3.63) is 44.6 Å². The van der Waals surface area contributed by atoms with Crippen molar-refractivity contribution < 1.29 is 13.2 Å². The van der Waals surface area contributed by atoms with Crippen LogP contribution in [0.3, 0.4) is 0 Å². The van der Waals surface area contributed by atoms with Gasteiger partial charge in [-0.2, -0.15) is 13.2 Å². The number of halogens is 3. The lowest BCUT2D eigenvalue weighted by Gasteiger charge is -2.10. The van der Waals surface area contributed by atoms with Crippen molar-refractivity contribution in [2.75, 3.05) is 0 Å². The second kappa shape index (κ2) is 4.81. The Bertz CT molecular complexity index is 757. The van der Waals surface area contributed by atoms with Crippen molar-refractivity contribution in [1.29, 1.82) is 0 Å². The van der Waals surface area contributed by atoms with Crippen LogP contribution in [0.1, 0.15) is 19.4 Å². The lowest BCUT2D eigenvalue weighted by molar-refractivity contribution is -0.137. The van der Waals surface area contributed by atoms with Crippen LogP contribution in [0.5, 0.6) is 0 Å². The number of aromatic amines is 1. The van der Waals surface area contributed by atoms with Crippen molar-refractivity contribution in [2.45, 2.75) is 26.6 Å². The van der Waals surface area contributed by atoms with Crippen molar-refractivity contribution >= 4 is 10.9 Å². The first-order valence-electron chi connectivity index (χ1n) is 6.04. The van der Waals surface area contributed by atoms with Gasteiger partial charge in [0.2, 0.25) is 0 Å². The van der Waals surface area contributed by atoms with E-state index in [0.29, 0.717) is 0 Å². The van der Waals surface area contributed by atoms with Crippen LogP contribution in [0.4, 0.5) is 13.2 Å². The first-order valence-corrected chi connectivity index (χ1v) is 6.04. The summed E-state index contributed by atoms with van der Waals surface area (Å²) in [6.45, 7) is 3.89. The molecule has 7 heteroatoms. The van der Waals surface area contributed by atoms with Crippen molar-refractivity contribution in [1.82, 2.24) is 9.55 Å². The summed E-state index contributed by atoms with van der Waals surface area (Å²) in [6, 6.07) is 2.70. The lowest BCUT2D eigenvalue weighted by atomic mass is 10.1. The number of fused-ring (bicyclic) bond motifs is 1. The zero-order valence-electron chi connectivity index (χ0n) is 10.9. The molecule has 0 spiro atoms. The molecule has 1 aromatic heterocycles. The predicted octanol–water partition coefficient (Wildman–Crippen LogP) is 2.36. The fourth-order valence-corrected chi connectivity index (χ4v) is 1.96. The molecular weight excluding hydrogens is 273 g/mol. The van der Waals surface area contributed by atoms with Crippen LogP contribution in [0.2, 0.25) is 0 Å². The molecule has 1 heterocycles. The van der Waals surface area contributed by atoms with E-state index in [0.717, 1.165) is 22.8 Å². The number of H-pyrrole nitrogens is 1. The van der Waals surface area contributed by atoms with Gasteiger partial charge in [-0.25, -0.2) is 4.79 Å². The molecule has 0 radical (unpaired) electrons. The fraction of sp³-hybridized carbons (Fsp3) is 0.385. The number of nitrogens with zero attached hydrogens (tertiary/aromatic N) is 1. The summed E-state index contributed by atoms with van der Waals surface area (Å²) in [4.78, 5) is 26.2. The minimum Gasteiger partial charge on any atom is -0.307 e. The molecule has 0 saturated carbocycles. The molecular formula is C13H13F3N2O2. The number of alkyl halides is 3. The molecule has 1 aromatic carbocycles. The summed E-state index contributed by atoms with van der Waals surface area (Å²) in [5.41, 5.74) is -2.28. The van der Waals surface area contributed by atoms with E-state index in [2.05, 4.69) is 4.98 Å². The Kier molecular flexibility index (Phi) is 3.45. The predicted molar refractivity (Wildman–Crippen MR) is 68.7 cm³/mol. The number of benzene rings is 1. The SMILES string of the molecule is CC(C)Cn1c(=O)[nH]c2cc(C(F)(F)F)ccc2c1=O. The largest absolute Gasteiger partial charge is 0.416 e. The summed E-state index contributed by atoms with van der Waals surface area (Å²) in [5.74, 6) is 0.0701. The molecule has 2 aromatic rings. The van der Waals surface area contributed by atoms with Gasteiger partial charge in [0.05, 0.1) is 16.5 Å². The van der Waals surface area contributed by atoms with Gasteiger partial charge in [0.1, 0.15) is 0 Å². The average Bonchev–Trinajstić information content (AvgIpc) is 2.32. The number of aromatic nitrogens is 2. The van der Waals surface area contributed by atoms with Gasteiger partial charge in [-0.05, 0) is 24.1 Å². The van der Waals surface area contributed by atoms with E-state index in [4.69, 9.17) is 0 Å². The molecule has 0 aliphatic rings. The maximum absolute atomic E-state index is 12.6.